The van der Waals surface area contributed by atoms with Gasteiger partial charge >= 0.3 is 0 Å². The van der Waals surface area contributed by atoms with Crippen LogP contribution in [0, 0.1) is 0 Å². The summed E-state index contributed by atoms with van der Waals surface area (Å²) in [5.41, 5.74) is 0.848. The van der Waals surface area contributed by atoms with Gasteiger partial charge in [-0.1, -0.05) is 27.5 Å². The molecule has 0 aliphatic carbocycles. The fourth-order valence-electron chi connectivity index (χ4n) is 1.63. The molecule has 2 nitrogen and oxygen atoms in total. The average molecular weight is 346 g/mol. The van der Waals surface area contributed by atoms with Gasteiger partial charge in [-0.3, -0.25) is 4.79 Å². The number of ketones is 1. The second-order valence-electron chi connectivity index (χ2n) is 3.65. The van der Waals surface area contributed by atoms with Crippen molar-refractivity contribution >= 4 is 44.7 Å². The molecule has 1 heterocycles. The Hall–Kier alpha value is -0.840. The minimum Gasteiger partial charge on any atom is -0.496 e. The highest BCUT2D eigenvalue weighted by Gasteiger charge is 2.15. The monoisotopic (exact) mass is 344 g/mol. The van der Waals surface area contributed by atoms with Gasteiger partial charge in [0.15, 0.2) is 5.78 Å². The molecule has 0 spiro atoms. The molecule has 0 unspecified atom stereocenters. The Morgan fingerprint density at radius 3 is 2.83 bits per heavy atom. The van der Waals surface area contributed by atoms with E-state index in [1.165, 1.54) is 11.3 Å². The summed E-state index contributed by atoms with van der Waals surface area (Å²) in [6.45, 7) is 0. The molecular weight excluding hydrogens is 336 g/mol. The summed E-state index contributed by atoms with van der Waals surface area (Å²) in [6.07, 6.45) is 0.281. The minimum atomic E-state index is 0.00593. The van der Waals surface area contributed by atoms with Crippen molar-refractivity contribution in [2.75, 3.05) is 7.11 Å². The maximum Gasteiger partial charge on any atom is 0.178 e. The average Bonchev–Trinajstić information content (AvgIpc) is 2.76. The summed E-state index contributed by atoms with van der Waals surface area (Å²) >= 11 is 10.7. The van der Waals surface area contributed by atoms with E-state index in [1.807, 2.05) is 23.6 Å². The molecule has 0 saturated heterocycles. The van der Waals surface area contributed by atoms with Crippen LogP contribution < -0.4 is 4.74 Å². The third-order valence-electron chi connectivity index (χ3n) is 2.46. The predicted molar refractivity (Wildman–Crippen MR) is 78.1 cm³/mol. The van der Waals surface area contributed by atoms with Crippen molar-refractivity contribution in [2.24, 2.45) is 0 Å². The number of hydrogen-bond donors (Lipinski definition) is 0. The van der Waals surface area contributed by atoms with Gasteiger partial charge in [-0.25, -0.2) is 0 Å². The Morgan fingerprint density at radius 1 is 1.44 bits per heavy atom. The number of rotatable bonds is 4. The molecule has 0 N–H and O–H groups in total. The standard InChI is InChI=1S/C13H10BrClO2S/c1-17-12-3-2-9(14)6-8(12)7-11(16)13-10(15)4-5-18-13/h2-6H,7H2,1H3. The van der Waals surface area contributed by atoms with E-state index in [0.29, 0.717) is 15.6 Å². The lowest BCUT2D eigenvalue weighted by Gasteiger charge is -2.08. The fraction of sp³-hybridized carbons (Fsp3) is 0.154. The minimum absolute atomic E-state index is 0.00593. The molecule has 0 saturated carbocycles. The number of Topliss-reactive ketones (excluding diaryl/α,β-unsaturated/α-hetero) is 1. The number of ether oxygens (including phenoxy) is 1. The molecule has 0 fully saturated rings. The van der Waals surface area contributed by atoms with Crippen molar-refractivity contribution in [2.45, 2.75) is 6.42 Å². The van der Waals surface area contributed by atoms with Crippen LogP contribution in [0.3, 0.4) is 0 Å². The number of carbonyl (C=O) groups excluding carboxylic acids is 1. The third-order valence-corrected chi connectivity index (χ3v) is 4.34. The van der Waals surface area contributed by atoms with E-state index >= 15 is 0 Å². The Balaban J connectivity index is 2.27. The number of benzene rings is 1. The summed E-state index contributed by atoms with van der Waals surface area (Å²) in [5.74, 6) is 0.714. The van der Waals surface area contributed by atoms with Crippen molar-refractivity contribution in [1.29, 1.82) is 0 Å². The van der Waals surface area contributed by atoms with Crippen LogP contribution in [-0.4, -0.2) is 12.9 Å². The molecule has 0 aliphatic heterocycles. The van der Waals surface area contributed by atoms with Crippen LogP contribution >= 0.6 is 38.9 Å². The third kappa shape index (κ3) is 2.94. The highest BCUT2D eigenvalue weighted by atomic mass is 79.9. The molecule has 5 heteroatoms. The van der Waals surface area contributed by atoms with Gasteiger partial charge in [0.05, 0.1) is 17.0 Å². The topological polar surface area (TPSA) is 26.3 Å². The lowest BCUT2D eigenvalue weighted by molar-refractivity contribution is 0.0996. The summed E-state index contributed by atoms with van der Waals surface area (Å²) in [6, 6.07) is 7.34. The Morgan fingerprint density at radius 2 is 2.22 bits per heavy atom. The summed E-state index contributed by atoms with van der Waals surface area (Å²) < 4.78 is 6.17. The zero-order valence-corrected chi connectivity index (χ0v) is 12.7. The van der Waals surface area contributed by atoms with Crippen molar-refractivity contribution < 1.29 is 9.53 Å². The van der Waals surface area contributed by atoms with Gasteiger partial charge in [-0.2, -0.15) is 0 Å². The van der Waals surface area contributed by atoms with Gasteiger partial charge in [0.25, 0.3) is 0 Å². The Labute approximate surface area is 123 Å². The van der Waals surface area contributed by atoms with Gasteiger partial charge in [-0.05, 0) is 29.6 Å². The van der Waals surface area contributed by atoms with Crippen LogP contribution in [0.15, 0.2) is 34.1 Å². The van der Waals surface area contributed by atoms with Crippen LogP contribution in [0.1, 0.15) is 15.2 Å². The largest absolute Gasteiger partial charge is 0.496 e. The molecule has 0 amide bonds. The quantitative estimate of drug-likeness (QED) is 0.757. The first-order valence-corrected chi connectivity index (χ1v) is 7.25. The number of methoxy groups -OCH3 is 1. The van der Waals surface area contributed by atoms with E-state index in [1.54, 1.807) is 13.2 Å². The molecule has 1 aromatic carbocycles. The second kappa shape index (κ2) is 5.87. The molecule has 0 bridgehead atoms. The first kappa shape index (κ1) is 13.6. The fourth-order valence-corrected chi connectivity index (χ4v) is 3.14. The van der Waals surface area contributed by atoms with Gasteiger partial charge in [0.2, 0.25) is 0 Å². The van der Waals surface area contributed by atoms with E-state index in [9.17, 15) is 4.79 Å². The van der Waals surface area contributed by atoms with Gasteiger partial charge in [0, 0.05) is 16.5 Å². The van der Waals surface area contributed by atoms with E-state index in [4.69, 9.17) is 16.3 Å². The SMILES string of the molecule is COc1ccc(Br)cc1CC(=O)c1sccc1Cl. The highest BCUT2D eigenvalue weighted by Crippen LogP contribution is 2.27. The second-order valence-corrected chi connectivity index (χ2v) is 5.89. The van der Waals surface area contributed by atoms with Crippen LogP contribution in [0.2, 0.25) is 5.02 Å². The van der Waals surface area contributed by atoms with Crippen molar-refractivity contribution in [3.05, 3.63) is 49.6 Å². The van der Waals surface area contributed by atoms with Crippen molar-refractivity contribution in [1.82, 2.24) is 0 Å². The van der Waals surface area contributed by atoms with Crippen LogP contribution in [-0.2, 0) is 6.42 Å². The van der Waals surface area contributed by atoms with Gasteiger partial charge in [-0.15, -0.1) is 11.3 Å². The summed E-state index contributed by atoms with van der Waals surface area (Å²) in [7, 11) is 1.59. The first-order valence-electron chi connectivity index (χ1n) is 5.20. The molecule has 0 atom stereocenters. The summed E-state index contributed by atoms with van der Waals surface area (Å²) in [4.78, 5) is 12.7. The van der Waals surface area contributed by atoms with E-state index in [-0.39, 0.29) is 12.2 Å². The van der Waals surface area contributed by atoms with E-state index in [2.05, 4.69) is 15.9 Å². The van der Waals surface area contributed by atoms with Crippen LogP contribution in [0.25, 0.3) is 0 Å². The predicted octanol–water partition coefficient (Wildman–Crippen LogP) is 4.60. The normalized spacial score (nSPS) is 10.4. The maximum absolute atomic E-state index is 12.1. The van der Waals surface area contributed by atoms with Crippen LogP contribution in [0.4, 0.5) is 0 Å². The first-order chi connectivity index (χ1) is 8.61. The number of hydrogen-bond acceptors (Lipinski definition) is 3. The lowest BCUT2D eigenvalue weighted by Crippen LogP contribution is -2.03. The zero-order valence-electron chi connectivity index (χ0n) is 9.57. The molecule has 1 aromatic heterocycles. The molecule has 0 radical (unpaired) electrons. The van der Waals surface area contributed by atoms with Crippen molar-refractivity contribution in [3.8, 4) is 5.75 Å². The molecule has 2 aromatic rings. The molecule has 94 valence electrons. The van der Waals surface area contributed by atoms with Gasteiger partial charge in [0.1, 0.15) is 5.75 Å². The van der Waals surface area contributed by atoms with E-state index < -0.39 is 0 Å². The molecule has 2 rings (SSSR count). The number of halogens is 2. The zero-order chi connectivity index (χ0) is 13.1. The Kier molecular flexibility index (Phi) is 4.43. The molecular formula is C13H10BrClO2S. The highest BCUT2D eigenvalue weighted by molar-refractivity contribution is 9.10. The van der Waals surface area contributed by atoms with Crippen LogP contribution in [0.5, 0.6) is 5.75 Å². The summed E-state index contributed by atoms with van der Waals surface area (Å²) in [5, 5.41) is 2.33. The molecule has 0 aliphatic rings. The smallest absolute Gasteiger partial charge is 0.178 e. The number of carbonyl (C=O) groups is 1. The number of thiophene rings is 1. The molecule has 18 heavy (non-hydrogen) atoms. The van der Waals surface area contributed by atoms with Crippen molar-refractivity contribution in [3.63, 3.8) is 0 Å². The lowest BCUT2D eigenvalue weighted by atomic mass is 10.1. The Bertz CT molecular complexity index is 580. The van der Waals surface area contributed by atoms with E-state index in [0.717, 1.165) is 10.0 Å². The maximum atomic E-state index is 12.1. The van der Waals surface area contributed by atoms with Gasteiger partial charge < -0.3 is 4.74 Å².